The Morgan fingerprint density at radius 3 is 2.89 bits per heavy atom. The number of carbonyl (C=O) groups is 1. The standard InChI is InChI=1S/C15H16N2O/c1-10-2-3-12-7-13(4-5-14(12)17-10)15(18)6-11-8-16-9-11/h2-5,7,11,16H,6,8-9H2,1H3. The van der Waals surface area contributed by atoms with Crippen molar-refractivity contribution < 1.29 is 4.79 Å². The highest BCUT2D eigenvalue weighted by Crippen LogP contribution is 2.18. The van der Waals surface area contributed by atoms with Gasteiger partial charge in [-0.25, -0.2) is 0 Å². The normalized spacial score (nSPS) is 15.6. The molecule has 1 aliphatic rings. The van der Waals surface area contributed by atoms with E-state index >= 15 is 0 Å². The second kappa shape index (κ2) is 4.50. The minimum atomic E-state index is 0.240. The molecular weight excluding hydrogens is 224 g/mol. The van der Waals surface area contributed by atoms with Crippen LogP contribution in [0.25, 0.3) is 10.9 Å². The lowest BCUT2D eigenvalue weighted by Gasteiger charge is -2.26. The zero-order valence-corrected chi connectivity index (χ0v) is 10.4. The molecule has 1 fully saturated rings. The highest BCUT2D eigenvalue weighted by molar-refractivity contribution is 5.99. The number of aromatic nitrogens is 1. The Hall–Kier alpha value is -1.74. The largest absolute Gasteiger partial charge is 0.316 e. The molecule has 18 heavy (non-hydrogen) atoms. The van der Waals surface area contributed by atoms with E-state index in [2.05, 4.69) is 10.3 Å². The second-order valence-electron chi connectivity index (χ2n) is 5.01. The van der Waals surface area contributed by atoms with Gasteiger partial charge >= 0.3 is 0 Å². The number of ketones is 1. The second-order valence-corrected chi connectivity index (χ2v) is 5.01. The molecule has 0 unspecified atom stereocenters. The number of rotatable bonds is 3. The van der Waals surface area contributed by atoms with Crippen LogP contribution < -0.4 is 5.32 Å². The third kappa shape index (κ3) is 2.14. The maximum Gasteiger partial charge on any atom is 0.163 e. The molecule has 0 aliphatic carbocycles. The summed E-state index contributed by atoms with van der Waals surface area (Å²) < 4.78 is 0. The van der Waals surface area contributed by atoms with Gasteiger partial charge in [0, 0.05) is 23.1 Å². The van der Waals surface area contributed by atoms with Crippen molar-refractivity contribution in [2.45, 2.75) is 13.3 Å². The minimum Gasteiger partial charge on any atom is -0.316 e. The Morgan fingerprint density at radius 2 is 2.17 bits per heavy atom. The van der Waals surface area contributed by atoms with Gasteiger partial charge in [-0.1, -0.05) is 6.07 Å². The van der Waals surface area contributed by atoms with Gasteiger partial charge in [-0.05, 0) is 50.2 Å². The number of carbonyl (C=O) groups excluding carboxylic acids is 1. The average Bonchev–Trinajstić information content (AvgIpc) is 2.33. The van der Waals surface area contributed by atoms with E-state index in [1.54, 1.807) is 0 Å². The van der Waals surface area contributed by atoms with E-state index < -0.39 is 0 Å². The number of nitrogens with zero attached hydrogens (tertiary/aromatic N) is 1. The van der Waals surface area contributed by atoms with Crippen LogP contribution in [-0.4, -0.2) is 23.9 Å². The molecule has 3 nitrogen and oxygen atoms in total. The van der Waals surface area contributed by atoms with Crippen LogP contribution in [0.15, 0.2) is 30.3 Å². The van der Waals surface area contributed by atoms with E-state index in [4.69, 9.17) is 0 Å². The zero-order chi connectivity index (χ0) is 12.5. The molecular formula is C15H16N2O. The van der Waals surface area contributed by atoms with E-state index in [1.165, 1.54) is 0 Å². The molecule has 92 valence electrons. The fraction of sp³-hybridized carbons (Fsp3) is 0.333. The molecule has 0 atom stereocenters. The molecule has 0 amide bonds. The molecule has 2 aromatic rings. The minimum absolute atomic E-state index is 0.240. The third-order valence-corrected chi connectivity index (χ3v) is 3.49. The fourth-order valence-corrected chi connectivity index (χ4v) is 2.27. The van der Waals surface area contributed by atoms with Gasteiger partial charge in [-0.15, -0.1) is 0 Å². The van der Waals surface area contributed by atoms with Crippen LogP contribution in [-0.2, 0) is 0 Å². The number of benzene rings is 1. The Morgan fingerprint density at radius 1 is 1.33 bits per heavy atom. The lowest BCUT2D eigenvalue weighted by molar-refractivity contribution is 0.0945. The van der Waals surface area contributed by atoms with Gasteiger partial charge in [0.25, 0.3) is 0 Å². The van der Waals surface area contributed by atoms with Crippen molar-refractivity contribution in [2.24, 2.45) is 5.92 Å². The SMILES string of the molecule is Cc1ccc2cc(C(=O)CC3CNC3)ccc2n1. The van der Waals surface area contributed by atoms with E-state index in [0.29, 0.717) is 12.3 Å². The monoisotopic (exact) mass is 240 g/mol. The molecule has 1 aromatic carbocycles. The van der Waals surface area contributed by atoms with Crippen molar-refractivity contribution in [3.63, 3.8) is 0 Å². The van der Waals surface area contributed by atoms with Gasteiger partial charge in [-0.2, -0.15) is 0 Å². The molecule has 0 radical (unpaired) electrons. The third-order valence-electron chi connectivity index (χ3n) is 3.49. The number of nitrogens with one attached hydrogen (secondary N) is 1. The number of fused-ring (bicyclic) bond motifs is 1. The highest BCUT2D eigenvalue weighted by Gasteiger charge is 2.20. The molecule has 0 spiro atoms. The summed E-state index contributed by atoms with van der Waals surface area (Å²) in [6.45, 7) is 3.92. The Kier molecular flexibility index (Phi) is 2.84. The first-order valence-electron chi connectivity index (χ1n) is 6.34. The number of hydrogen-bond donors (Lipinski definition) is 1. The van der Waals surface area contributed by atoms with Gasteiger partial charge in [0.15, 0.2) is 5.78 Å². The molecule has 2 heterocycles. The van der Waals surface area contributed by atoms with Crippen LogP contribution in [0.1, 0.15) is 22.5 Å². The summed E-state index contributed by atoms with van der Waals surface area (Å²) in [4.78, 5) is 16.6. The maximum atomic E-state index is 12.1. The number of Topliss-reactive ketones (excluding diaryl/α,β-unsaturated/α-hetero) is 1. The van der Waals surface area contributed by atoms with Crippen LogP contribution in [0.4, 0.5) is 0 Å². The van der Waals surface area contributed by atoms with Crippen molar-refractivity contribution in [3.8, 4) is 0 Å². The van der Waals surface area contributed by atoms with Crippen LogP contribution in [0.2, 0.25) is 0 Å². The van der Waals surface area contributed by atoms with Gasteiger partial charge in [0.05, 0.1) is 5.52 Å². The lowest BCUT2D eigenvalue weighted by atomic mass is 9.93. The molecule has 0 saturated carbocycles. The zero-order valence-electron chi connectivity index (χ0n) is 10.4. The molecule has 3 heteroatoms. The summed E-state index contributed by atoms with van der Waals surface area (Å²) in [5, 5.41) is 4.23. The van der Waals surface area contributed by atoms with E-state index in [-0.39, 0.29) is 5.78 Å². The summed E-state index contributed by atoms with van der Waals surface area (Å²) in [5.41, 5.74) is 2.76. The summed E-state index contributed by atoms with van der Waals surface area (Å²) in [5.74, 6) is 0.758. The summed E-state index contributed by atoms with van der Waals surface area (Å²) in [6, 6.07) is 9.79. The lowest BCUT2D eigenvalue weighted by Crippen LogP contribution is -2.42. The van der Waals surface area contributed by atoms with Gasteiger partial charge in [0.1, 0.15) is 0 Å². The molecule has 1 aromatic heterocycles. The molecule has 1 aliphatic heterocycles. The quantitative estimate of drug-likeness (QED) is 0.837. The fourth-order valence-electron chi connectivity index (χ4n) is 2.27. The Balaban J connectivity index is 1.87. The van der Waals surface area contributed by atoms with Crippen molar-refractivity contribution >= 4 is 16.7 Å². The summed E-state index contributed by atoms with van der Waals surface area (Å²) in [6.07, 6.45) is 0.651. The maximum absolute atomic E-state index is 12.1. The molecule has 1 saturated heterocycles. The number of pyridine rings is 1. The Labute approximate surface area is 106 Å². The highest BCUT2D eigenvalue weighted by atomic mass is 16.1. The molecule has 1 N–H and O–H groups in total. The van der Waals surface area contributed by atoms with Crippen molar-refractivity contribution in [2.75, 3.05) is 13.1 Å². The van der Waals surface area contributed by atoms with Crippen LogP contribution in [0.5, 0.6) is 0 Å². The van der Waals surface area contributed by atoms with E-state index in [9.17, 15) is 4.79 Å². The van der Waals surface area contributed by atoms with Crippen molar-refractivity contribution in [1.82, 2.24) is 10.3 Å². The predicted molar refractivity (Wildman–Crippen MR) is 71.8 cm³/mol. The summed E-state index contributed by atoms with van der Waals surface area (Å²) >= 11 is 0. The van der Waals surface area contributed by atoms with E-state index in [1.807, 2.05) is 37.3 Å². The molecule has 3 rings (SSSR count). The van der Waals surface area contributed by atoms with Crippen LogP contribution in [0, 0.1) is 12.8 Å². The topological polar surface area (TPSA) is 42.0 Å². The average molecular weight is 240 g/mol. The van der Waals surface area contributed by atoms with Crippen LogP contribution >= 0.6 is 0 Å². The smallest absolute Gasteiger partial charge is 0.163 e. The first kappa shape index (κ1) is 11.4. The first-order valence-corrected chi connectivity index (χ1v) is 6.34. The van der Waals surface area contributed by atoms with Gasteiger partial charge < -0.3 is 5.32 Å². The van der Waals surface area contributed by atoms with Gasteiger partial charge in [-0.3, -0.25) is 9.78 Å². The van der Waals surface area contributed by atoms with Gasteiger partial charge in [0.2, 0.25) is 0 Å². The first-order chi connectivity index (χ1) is 8.72. The van der Waals surface area contributed by atoms with Crippen molar-refractivity contribution in [3.05, 3.63) is 41.6 Å². The molecule has 0 bridgehead atoms. The van der Waals surface area contributed by atoms with Crippen LogP contribution in [0.3, 0.4) is 0 Å². The number of aryl methyl sites for hydroxylation is 1. The van der Waals surface area contributed by atoms with E-state index in [0.717, 1.165) is 35.2 Å². The predicted octanol–water partition coefficient (Wildman–Crippen LogP) is 2.34. The Bertz CT molecular complexity index is 602. The number of hydrogen-bond acceptors (Lipinski definition) is 3. The summed E-state index contributed by atoms with van der Waals surface area (Å²) in [7, 11) is 0. The van der Waals surface area contributed by atoms with Crippen molar-refractivity contribution in [1.29, 1.82) is 0 Å².